The minimum atomic E-state index is -0.0946. The molecule has 0 spiro atoms. The third-order valence-corrected chi connectivity index (χ3v) is 4.06. The minimum absolute atomic E-state index is 0.0946. The van der Waals surface area contributed by atoms with Crippen molar-refractivity contribution in [2.45, 2.75) is 13.5 Å². The molecule has 0 saturated carbocycles. The maximum atomic E-state index is 12.2. The lowest BCUT2D eigenvalue weighted by molar-refractivity contribution is -0.903. The fourth-order valence-corrected chi connectivity index (χ4v) is 2.72. The van der Waals surface area contributed by atoms with Gasteiger partial charge in [0.05, 0.1) is 22.3 Å². The van der Waals surface area contributed by atoms with Gasteiger partial charge >= 0.3 is 0 Å². The fourth-order valence-electron chi connectivity index (χ4n) is 2.22. The molecular formula is C17H19Cl2N2O+. The van der Waals surface area contributed by atoms with Gasteiger partial charge in [0, 0.05) is 5.56 Å². The standard InChI is InChI=1S/C17H18Cl2N2O/c1-2-21(11-13-7-4-3-5-8-13)12-16(22)20-17-14(18)9-6-10-15(17)19/h3-10H,2,11-12H2,1H3,(H,20,22)/p+1. The Morgan fingerprint density at radius 1 is 1.05 bits per heavy atom. The highest BCUT2D eigenvalue weighted by atomic mass is 35.5. The summed E-state index contributed by atoms with van der Waals surface area (Å²) in [6.45, 7) is 4.10. The SMILES string of the molecule is CC[NH+](CC(=O)Nc1c(Cl)cccc1Cl)Cc1ccccc1. The van der Waals surface area contributed by atoms with E-state index in [1.54, 1.807) is 18.2 Å². The lowest BCUT2D eigenvalue weighted by Gasteiger charge is -2.18. The van der Waals surface area contributed by atoms with Crippen molar-refractivity contribution in [3.63, 3.8) is 0 Å². The van der Waals surface area contributed by atoms with Gasteiger partial charge in [0.15, 0.2) is 6.54 Å². The lowest BCUT2D eigenvalue weighted by Crippen LogP contribution is -3.11. The minimum Gasteiger partial charge on any atom is -0.324 e. The van der Waals surface area contributed by atoms with Crippen LogP contribution in [0.2, 0.25) is 10.0 Å². The van der Waals surface area contributed by atoms with Gasteiger partial charge < -0.3 is 10.2 Å². The predicted molar refractivity (Wildman–Crippen MR) is 91.6 cm³/mol. The second kappa shape index (κ2) is 8.18. The normalized spacial score (nSPS) is 12.0. The summed E-state index contributed by atoms with van der Waals surface area (Å²) in [5, 5.41) is 3.70. The lowest BCUT2D eigenvalue weighted by atomic mass is 10.2. The molecule has 3 nitrogen and oxygen atoms in total. The van der Waals surface area contributed by atoms with E-state index in [0.717, 1.165) is 13.1 Å². The summed E-state index contributed by atoms with van der Waals surface area (Å²) in [5.74, 6) is -0.0946. The summed E-state index contributed by atoms with van der Waals surface area (Å²) >= 11 is 12.1. The zero-order chi connectivity index (χ0) is 15.9. The van der Waals surface area contributed by atoms with E-state index < -0.39 is 0 Å². The second-order valence-corrected chi connectivity index (χ2v) is 5.90. The van der Waals surface area contributed by atoms with Crippen molar-refractivity contribution in [1.82, 2.24) is 0 Å². The highest BCUT2D eigenvalue weighted by Crippen LogP contribution is 2.29. The Balaban J connectivity index is 1.98. The van der Waals surface area contributed by atoms with Crippen molar-refractivity contribution in [3.05, 3.63) is 64.1 Å². The Morgan fingerprint density at radius 2 is 1.68 bits per heavy atom. The van der Waals surface area contributed by atoms with E-state index in [0.29, 0.717) is 22.3 Å². The van der Waals surface area contributed by atoms with Gasteiger partial charge in [-0.05, 0) is 19.1 Å². The first-order chi connectivity index (χ1) is 10.6. The van der Waals surface area contributed by atoms with Crippen LogP contribution in [-0.4, -0.2) is 19.0 Å². The van der Waals surface area contributed by atoms with Crippen LogP contribution >= 0.6 is 23.2 Å². The van der Waals surface area contributed by atoms with E-state index in [1.807, 2.05) is 18.2 Å². The van der Waals surface area contributed by atoms with Crippen LogP contribution in [0.3, 0.4) is 0 Å². The number of anilines is 1. The molecule has 1 amide bonds. The van der Waals surface area contributed by atoms with Crippen LogP contribution < -0.4 is 10.2 Å². The van der Waals surface area contributed by atoms with Gasteiger partial charge in [0.25, 0.3) is 5.91 Å². The highest BCUT2D eigenvalue weighted by molar-refractivity contribution is 6.39. The molecule has 5 heteroatoms. The van der Waals surface area contributed by atoms with E-state index in [1.165, 1.54) is 10.5 Å². The molecule has 0 aliphatic heterocycles. The molecule has 1 atom stereocenters. The number of carbonyl (C=O) groups excluding carboxylic acids is 1. The molecule has 116 valence electrons. The summed E-state index contributed by atoms with van der Waals surface area (Å²) in [4.78, 5) is 13.4. The number of amides is 1. The summed E-state index contributed by atoms with van der Waals surface area (Å²) in [7, 11) is 0. The molecular weight excluding hydrogens is 319 g/mol. The summed E-state index contributed by atoms with van der Waals surface area (Å²) in [5.41, 5.74) is 1.69. The van der Waals surface area contributed by atoms with Gasteiger partial charge in [-0.15, -0.1) is 0 Å². The third kappa shape index (κ3) is 4.73. The first kappa shape index (κ1) is 16.8. The van der Waals surface area contributed by atoms with Crippen molar-refractivity contribution < 1.29 is 9.69 Å². The second-order valence-electron chi connectivity index (χ2n) is 5.09. The number of nitrogens with one attached hydrogen (secondary N) is 2. The smallest absolute Gasteiger partial charge is 0.279 e. The number of halogens is 2. The molecule has 0 aliphatic rings. The molecule has 2 aromatic rings. The molecule has 0 heterocycles. The Labute approximate surface area is 140 Å². The zero-order valence-electron chi connectivity index (χ0n) is 12.4. The van der Waals surface area contributed by atoms with Crippen LogP contribution in [0, 0.1) is 0 Å². The number of carbonyl (C=O) groups is 1. The van der Waals surface area contributed by atoms with E-state index >= 15 is 0 Å². The number of hydrogen-bond donors (Lipinski definition) is 2. The first-order valence-corrected chi connectivity index (χ1v) is 7.97. The molecule has 2 rings (SSSR count). The number of rotatable bonds is 6. The van der Waals surface area contributed by atoms with Crippen LogP contribution in [0.4, 0.5) is 5.69 Å². The number of quaternary nitrogens is 1. The third-order valence-electron chi connectivity index (χ3n) is 3.43. The predicted octanol–water partition coefficient (Wildman–Crippen LogP) is 3.04. The zero-order valence-corrected chi connectivity index (χ0v) is 13.9. The maximum Gasteiger partial charge on any atom is 0.279 e. The van der Waals surface area contributed by atoms with E-state index in [9.17, 15) is 4.79 Å². The molecule has 2 aromatic carbocycles. The van der Waals surface area contributed by atoms with Gasteiger partial charge in [-0.3, -0.25) is 4.79 Å². The first-order valence-electron chi connectivity index (χ1n) is 7.21. The molecule has 0 fully saturated rings. The fraction of sp³-hybridized carbons (Fsp3) is 0.235. The van der Waals surface area contributed by atoms with Crippen LogP contribution in [0.1, 0.15) is 12.5 Å². The quantitative estimate of drug-likeness (QED) is 0.834. The van der Waals surface area contributed by atoms with Crippen LogP contribution in [-0.2, 0) is 11.3 Å². The van der Waals surface area contributed by atoms with Crippen molar-refractivity contribution in [2.75, 3.05) is 18.4 Å². The van der Waals surface area contributed by atoms with Gasteiger partial charge in [0.2, 0.25) is 0 Å². The molecule has 1 unspecified atom stereocenters. The molecule has 0 aromatic heterocycles. The van der Waals surface area contributed by atoms with Gasteiger partial charge in [-0.1, -0.05) is 59.6 Å². The molecule has 0 bridgehead atoms. The molecule has 22 heavy (non-hydrogen) atoms. The number of para-hydroxylation sites is 1. The average Bonchev–Trinajstić information content (AvgIpc) is 2.51. The van der Waals surface area contributed by atoms with Crippen LogP contribution in [0.5, 0.6) is 0 Å². The van der Waals surface area contributed by atoms with Crippen molar-refractivity contribution in [1.29, 1.82) is 0 Å². The Bertz CT molecular complexity index is 612. The summed E-state index contributed by atoms with van der Waals surface area (Å²) in [6.07, 6.45) is 0. The van der Waals surface area contributed by atoms with Crippen molar-refractivity contribution >= 4 is 34.8 Å². The molecule has 2 N–H and O–H groups in total. The number of hydrogen-bond acceptors (Lipinski definition) is 1. The van der Waals surface area contributed by atoms with Gasteiger partial charge in [-0.2, -0.15) is 0 Å². The van der Waals surface area contributed by atoms with Gasteiger partial charge in [-0.25, -0.2) is 0 Å². The van der Waals surface area contributed by atoms with Crippen LogP contribution in [0.25, 0.3) is 0 Å². The van der Waals surface area contributed by atoms with Crippen LogP contribution in [0.15, 0.2) is 48.5 Å². The van der Waals surface area contributed by atoms with Crippen molar-refractivity contribution in [2.24, 2.45) is 0 Å². The topological polar surface area (TPSA) is 33.5 Å². The Morgan fingerprint density at radius 3 is 2.27 bits per heavy atom. The number of likely N-dealkylation sites (N-methyl/N-ethyl adjacent to an activating group) is 1. The monoisotopic (exact) mass is 337 g/mol. The average molecular weight is 338 g/mol. The molecule has 0 radical (unpaired) electrons. The van der Waals surface area contributed by atoms with Gasteiger partial charge in [0.1, 0.15) is 6.54 Å². The maximum absolute atomic E-state index is 12.2. The number of benzene rings is 2. The Kier molecular flexibility index (Phi) is 6.25. The Hall–Kier alpha value is -1.55. The summed E-state index contributed by atoms with van der Waals surface area (Å²) in [6, 6.07) is 15.3. The highest BCUT2D eigenvalue weighted by Gasteiger charge is 2.15. The molecule has 0 saturated heterocycles. The van der Waals surface area contributed by atoms with E-state index in [4.69, 9.17) is 23.2 Å². The molecule has 0 aliphatic carbocycles. The summed E-state index contributed by atoms with van der Waals surface area (Å²) < 4.78 is 0. The van der Waals surface area contributed by atoms with E-state index in [-0.39, 0.29) is 5.91 Å². The van der Waals surface area contributed by atoms with Crippen molar-refractivity contribution in [3.8, 4) is 0 Å². The largest absolute Gasteiger partial charge is 0.324 e. The van der Waals surface area contributed by atoms with E-state index in [2.05, 4.69) is 24.4 Å².